The highest BCUT2D eigenvalue weighted by Gasteiger charge is 2.49. The van der Waals surface area contributed by atoms with E-state index >= 15 is 0 Å². The van der Waals surface area contributed by atoms with Crippen molar-refractivity contribution in [3.8, 4) is 0 Å². The first-order valence-electron chi connectivity index (χ1n) is 7.53. The molecule has 0 aliphatic carbocycles. The minimum atomic E-state index is -0.658. The molecule has 3 amide bonds. The maximum absolute atomic E-state index is 12.7. The SMILES string of the molecule is COC(=O)C1CCN2C(=O)N(c3cc(Cl)c(C)c(Cl)c3)C(=O)C2C1. The number of carbonyl (C=O) groups is 3. The van der Waals surface area contributed by atoms with Crippen molar-refractivity contribution in [3.05, 3.63) is 27.7 Å². The van der Waals surface area contributed by atoms with E-state index in [0.29, 0.717) is 34.3 Å². The largest absolute Gasteiger partial charge is 0.469 e. The summed E-state index contributed by atoms with van der Waals surface area (Å²) in [5.74, 6) is -1.10. The fraction of sp³-hybridized carbons (Fsp3) is 0.438. The van der Waals surface area contributed by atoms with Gasteiger partial charge in [0.2, 0.25) is 0 Å². The predicted molar refractivity (Wildman–Crippen MR) is 89.3 cm³/mol. The number of nitrogens with zero attached hydrogens (tertiary/aromatic N) is 2. The van der Waals surface area contributed by atoms with Gasteiger partial charge in [-0.15, -0.1) is 0 Å². The number of benzene rings is 1. The first-order chi connectivity index (χ1) is 11.3. The molecule has 0 bridgehead atoms. The van der Waals surface area contributed by atoms with Gasteiger partial charge < -0.3 is 9.64 Å². The summed E-state index contributed by atoms with van der Waals surface area (Å²) in [7, 11) is 1.32. The zero-order valence-electron chi connectivity index (χ0n) is 13.2. The molecule has 2 heterocycles. The Labute approximate surface area is 149 Å². The van der Waals surface area contributed by atoms with Crippen LogP contribution in [0.2, 0.25) is 10.0 Å². The van der Waals surface area contributed by atoms with Gasteiger partial charge >= 0.3 is 12.0 Å². The molecule has 2 saturated heterocycles. The number of rotatable bonds is 2. The summed E-state index contributed by atoms with van der Waals surface area (Å²) in [6.45, 7) is 2.09. The molecule has 24 heavy (non-hydrogen) atoms. The number of amides is 3. The molecule has 1 aromatic rings. The van der Waals surface area contributed by atoms with Crippen molar-refractivity contribution in [2.24, 2.45) is 5.92 Å². The van der Waals surface area contributed by atoms with Gasteiger partial charge in [0.05, 0.1) is 18.7 Å². The maximum atomic E-state index is 12.7. The van der Waals surface area contributed by atoms with Crippen LogP contribution in [-0.2, 0) is 14.3 Å². The van der Waals surface area contributed by atoms with E-state index in [4.69, 9.17) is 27.9 Å². The van der Waals surface area contributed by atoms with Crippen molar-refractivity contribution in [2.45, 2.75) is 25.8 Å². The molecule has 3 rings (SSSR count). The average molecular weight is 371 g/mol. The van der Waals surface area contributed by atoms with Crippen molar-refractivity contribution in [1.29, 1.82) is 0 Å². The molecular weight excluding hydrogens is 355 g/mol. The molecule has 0 aromatic heterocycles. The Morgan fingerprint density at radius 3 is 2.46 bits per heavy atom. The van der Waals surface area contributed by atoms with Gasteiger partial charge in [0, 0.05) is 16.6 Å². The fourth-order valence-corrected chi connectivity index (χ4v) is 3.66. The van der Waals surface area contributed by atoms with E-state index in [-0.39, 0.29) is 24.2 Å². The van der Waals surface area contributed by atoms with Crippen LogP contribution in [0.3, 0.4) is 0 Å². The molecule has 2 unspecified atom stereocenters. The molecular formula is C16H16Cl2N2O4. The topological polar surface area (TPSA) is 66.9 Å². The van der Waals surface area contributed by atoms with Crippen molar-refractivity contribution < 1.29 is 19.1 Å². The summed E-state index contributed by atoms with van der Waals surface area (Å²) >= 11 is 12.2. The van der Waals surface area contributed by atoms with E-state index < -0.39 is 12.1 Å². The summed E-state index contributed by atoms with van der Waals surface area (Å²) in [5, 5.41) is 0.769. The lowest BCUT2D eigenvalue weighted by atomic mass is 9.91. The molecule has 2 aliphatic heterocycles. The number of halogens is 2. The van der Waals surface area contributed by atoms with Crippen molar-refractivity contribution in [1.82, 2.24) is 4.90 Å². The number of piperidine rings is 1. The zero-order valence-corrected chi connectivity index (χ0v) is 14.7. The molecule has 0 spiro atoms. The van der Waals surface area contributed by atoms with Crippen LogP contribution in [0.15, 0.2) is 12.1 Å². The van der Waals surface area contributed by atoms with Gasteiger partial charge in [0.1, 0.15) is 6.04 Å². The summed E-state index contributed by atoms with van der Waals surface area (Å²) in [4.78, 5) is 39.7. The van der Waals surface area contributed by atoms with Crippen LogP contribution in [0.25, 0.3) is 0 Å². The molecule has 128 valence electrons. The van der Waals surface area contributed by atoms with Crippen LogP contribution in [0.1, 0.15) is 18.4 Å². The molecule has 0 radical (unpaired) electrons. The van der Waals surface area contributed by atoms with Crippen LogP contribution in [-0.4, -0.2) is 42.5 Å². The number of anilines is 1. The maximum Gasteiger partial charge on any atom is 0.332 e. The quantitative estimate of drug-likeness (QED) is 0.592. The van der Waals surface area contributed by atoms with E-state index in [1.807, 2.05) is 0 Å². The Hall–Kier alpha value is -1.79. The van der Waals surface area contributed by atoms with Crippen LogP contribution >= 0.6 is 23.2 Å². The van der Waals surface area contributed by atoms with Gasteiger partial charge in [-0.05, 0) is 37.5 Å². The first-order valence-corrected chi connectivity index (χ1v) is 8.28. The molecule has 0 saturated carbocycles. The van der Waals surface area contributed by atoms with Crippen molar-refractivity contribution >= 4 is 46.8 Å². The molecule has 1 aromatic carbocycles. The lowest BCUT2D eigenvalue weighted by Gasteiger charge is -2.30. The average Bonchev–Trinajstić information content (AvgIpc) is 2.82. The van der Waals surface area contributed by atoms with E-state index in [0.717, 1.165) is 4.90 Å². The standard InChI is InChI=1S/C16H16Cl2N2O4/c1-8-11(17)6-10(7-12(8)18)20-14(21)13-5-9(15(22)24-2)3-4-19(13)16(20)23/h6-7,9,13H,3-5H2,1-2H3. The predicted octanol–water partition coefficient (Wildman–Crippen LogP) is 3.02. The van der Waals surface area contributed by atoms with Crippen LogP contribution in [0, 0.1) is 12.8 Å². The van der Waals surface area contributed by atoms with E-state index in [1.54, 1.807) is 19.1 Å². The summed E-state index contributed by atoms with van der Waals surface area (Å²) in [6, 6.07) is 2.03. The Morgan fingerprint density at radius 2 is 1.88 bits per heavy atom. The molecule has 6 nitrogen and oxygen atoms in total. The number of methoxy groups -OCH3 is 1. The summed E-state index contributed by atoms with van der Waals surface area (Å²) in [5.41, 5.74) is 1.03. The van der Waals surface area contributed by atoms with Crippen molar-refractivity contribution in [2.75, 3.05) is 18.6 Å². The number of carbonyl (C=O) groups excluding carboxylic acids is 3. The van der Waals surface area contributed by atoms with E-state index in [9.17, 15) is 14.4 Å². The first kappa shape index (κ1) is 17.0. The molecule has 2 aliphatic rings. The van der Waals surface area contributed by atoms with Crippen LogP contribution < -0.4 is 4.90 Å². The summed E-state index contributed by atoms with van der Waals surface area (Å²) in [6.07, 6.45) is 0.743. The normalized spacial score (nSPS) is 23.5. The van der Waals surface area contributed by atoms with Gasteiger partial charge in [0.25, 0.3) is 5.91 Å². The third kappa shape index (κ3) is 2.63. The Morgan fingerprint density at radius 1 is 1.25 bits per heavy atom. The van der Waals surface area contributed by atoms with E-state index in [2.05, 4.69) is 0 Å². The zero-order chi connectivity index (χ0) is 17.6. The highest BCUT2D eigenvalue weighted by atomic mass is 35.5. The number of urea groups is 1. The second-order valence-corrected chi connectivity index (χ2v) is 6.76. The Bertz CT molecular complexity index is 714. The second kappa shape index (κ2) is 6.26. The summed E-state index contributed by atoms with van der Waals surface area (Å²) < 4.78 is 4.75. The van der Waals surface area contributed by atoms with Gasteiger partial charge in [-0.2, -0.15) is 0 Å². The number of hydrogen-bond acceptors (Lipinski definition) is 4. The smallest absolute Gasteiger partial charge is 0.332 e. The molecule has 2 fully saturated rings. The van der Waals surface area contributed by atoms with E-state index in [1.165, 1.54) is 12.0 Å². The van der Waals surface area contributed by atoms with Gasteiger partial charge in [-0.25, -0.2) is 9.69 Å². The number of hydrogen-bond donors (Lipinski definition) is 0. The third-order valence-electron chi connectivity index (χ3n) is 4.60. The van der Waals surface area contributed by atoms with Gasteiger partial charge in [-0.1, -0.05) is 23.2 Å². The van der Waals surface area contributed by atoms with Crippen LogP contribution in [0.4, 0.5) is 10.5 Å². The number of imide groups is 1. The minimum absolute atomic E-state index is 0.265. The monoisotopic (exact) mass is 370 g/mol. The lowest BCUT2D eigenvalue weighted by Crippen LogP contribution is -2.44. The van der Waals surface area contributed by atoms with Crippen LogP contribution in [0.5, 0.6) is 0 Å². The lowest BCUT2D eigenvalue weighted by molar-refractivity contribution is -0.147. The minimum Gasteiger partial charge on any atom is -0.469 e. The second-order valence-electron chi connectivity index (χ2n) is 5.94. The fourth-order valence-electron chi connectivity index (χ4n) is 3.18. The third-order valence-corrected chi connectivity index (χ3v) is 5.39. The Balaban J connectivity index is 1.91. The molecule has 0 N–H and O–H groups in total. The van der Waals surface area contributed by atoms with Gasteiger partial charge in [-0.3, -0.25) is 9.59 Å². The molecule has 8 heteroatoms. The van der Waals surface area contributed by atoms with Crippen molar-refractivity contribution in [3.63, 3.8) is 0 Å². The Kier molecular flexibility index (Phi) is 4.44. The number of fused-ring (bicyclic) bond motifs is 1. The number of esters is 1. The number of ether oxygens (including phenoxy) is 1. The molecule has 2 atom stereocenters. The highest BCUT2D eigenvalue weighted by molar-refractivity contribution is 6.37. The highest BCUT2D eigenvalue weighted by Crippen LogP contribution is 2.36. The van der Waals surface area contributed by atoms with Gasteiger partial charge in [0.15, 0.2) is 0 Å².